The van der Waals surface area contributed by atoms with Crippen LogP contribution >= 0.6 is 0 Å². The van der Waals surface area contributed by atoms with Crippen molar-refractivity contribution in [2.75, 3.05) is 39.9 Å². The first-order valence-corrected chi connectivity index (χ1v) is 10.6. The second kappa shape index (κ2) is 10.1. The fraction of sp³-hybridized carbons (Fsp3) is 0.682. The molecule has 1 aromatic rings. The monoisotopic (exact) mass is 372 g/mol. The van der Waals surface area contributed by atoms with Gasteiger partial charge in [0.15, 0.2) is 5.96 Å². The largest absolute Gasteiger partial charge is 0.379 e. The van der Waals surface area contributed by atoms with Gasteiger partial charge in [-0.25, -0.2) is 0 Å². The Morgan fingerprint density at radius 1 is 1.15 bits per heavy atom. The molecule has 0 radical (unpaired) electrons. The third kappa shape index (κ3) is 5.94. The van der Waals surface area contributed by atoms with Gasteiger partial charge in [-0.15, -0.1) is 0 Å². The lowest BCUT2D eigenvalue weighted by molar-refractivity contribution is 0.0342. The number of nitrogens with one attached hydrogen (secondary N) is 2. The molecule has 27 heavy (non-hydrogen) atoms. The molecule has 1 saturated heterocycles. The van der Waals surface area contributed by atoms with Crippen LogP contribution in [0.3, 0.4) is 0 Å². The van der Waals surface area contributed by atoms with Gasteiger partial charge in [-0.2, -0.15) is 0 Å². The van der Waals surface area contributed by atoms with E-state index in [9.17, 15) is 0 Å². The van der Waals surface area contributed by atoms with Crippen molar-refractivity contribution in [3.8, 4) is 0 Å². The molecule has 1 heterocycles. The summed E-state index contributed by atoms with van der Waals surface area (Å²) >= 11 is 0. The van der Waals surface area contributed by atoms with E-state index in [0.717, 1.165) is 51.9 Å². The SMILES string of the molecule is CCC1(CNC(=NC)NCc2cccc(CN3CCOCC3)c2)CCCC1. The highest BCUT2D eigenvalue weighted by atomic mass is 16.5. The molecular weight excluding hydrogens is 336 g/mol. The molecule has 2 aliphatic rings. The minimum absolute atomic E-state index is 0.468. The molecule has 0 unspecified atom stereocenters. The molecule has 0 aromatic heterocycles. The smallest absolute Gasteiger partial charge is 0.191 e. The molecule has 5 heteroatoms. The number of hydrogen-bond acceptors (Lipinski definition) is 3. The van der Waals surface area contributed by atoms with Gasteiger partial charge in [-0.1, -0.05) is 44.0 Å². The summed E-state index contributed by atoms with van der Waals surface area (Å²) in [4.78, 5) is 6.88. The van der Waals surface area contributed by atoms with Crippen LogP contribution in [-0.2, 0) is 17.8 Å². The number of morpholine rings is 1. The summed E-state index contributed by atoms with van der Waals surface area (Å²) in [6.07, 6.45) is 6.68. The van der Waals surface area contributed by atoms with Crippen molar-refractivity contribution in [2.24, 2.45) is 10.4 Å². The third-order valence-corrected chi connectivity index (χ3v) is 6.23. The van der Waals surface area contributed by atoms with Crippen molar-refractivity contribution in [3.63, 3.8) is 0 Å². The summed E-state index contributed by atoms with van der Waals surface area (Å²) in [7, 11) is 1.86. The predicted molar refractivity (Wildman–Crippen MR) is 112 cm³/mol. The summed E-state index contributed by atoms with van der Waals surface area (Å²) in [6, 6.07) is 8.87. The average Bonchev–Trinajstić information content (AvgIpc) is 3.19. The van der Waals surface area contributed by atoms with Crippen LogP contribution in [0, 0.1) is 5.41 Å². The number of ether oxygens (including phenoxy) is 1. The second-order valence-electron chi connectivity index (χ2n) is 8.05. The van der Waals surface area contributed by atoms with E-state index in [2.05, 4.69) is 51.7 Å². The van der Waals surface area contributed by atoms with Crippen molar-refractivity contribution >= 4 is 5.96 Å². The zero-order valence-corrected chi connectivity index (χ0v) is 17.1. The van der Waals surface area contributed by atoms with Gasteiger partial charge >= 0.3 is 0 Å². The highest BCUT2D eigenvalue weighted by Crippen LogP contribution is 2.40. The fourth-order valence-electron chi connectivity index (χ4n) is 4.31. The lowest BCUT2D eigenvalue weighted by Crippen LogP contribution is -2.42. The van der Waals surface area contributed by atoms with Gasteiger partial charge in [0.25, 0.3) is 0 Å². The van der Waals surface area contributed by atoms with Gasteiger partial charge < -0.3 is 15.4 Å². The number of rotatable bonds is 7. The zero-order chi connectivity index (χ0) is 19.0. The first-order valence-electron chi connectivity index (χ1n) is 10.6. The minimum Gasteiger partial charge on any atom is -0.379 e. The first-order chi connectivity index (χ1) is 13.2. The van der Waals surface area contributed by atoms with Crippen molar-refractivity contribution in [3.05, 3.63) is 35.4 Å². The molecule has 1 aromatic carbocycles. The van der Waals surface area contributed by atoms with E-state index >= 15 is 0 Å². The molecule has 2 N–H and O–H groups in total. The topological polar surface area (TPSA) is 48.9 Å². The Labute approximate surface area is 164 Å². The highest BCUT2D eigenvalue weighted by molar-refractivity contribution is 5.79. The van der Waals surface area contributed by atoms with Crippen LogP contribution in [0.1, 0.15) is 50.2 Å². The van der Waals surface area contributed by atoms with Crippen molar-refractivity contribution in [1.29, 1.82) is 0 Å². The Kier molecular flexibility index (Phi) is 7.53. The van der Waals surface area contributed by atoms with Crippen LogP contribution in [0.5, 0.6) is 0 Å². The maximum Gasteiger partial charge on any atom is 0.191 e. The second-order valence-corrected chi connectivity index (χ2v) is 8.05. The van der Waals surface area contributed by atoms with Gasteiger partial charge in [0, 0.05) is 39.8 Å². The third-order valence-electron chi connectivity index (χ3n) is 6.23. The Bertz CT molecular complexity index is 604. The maximum atomic E-state index is 5.44. The number of guanidine groups is 1. The highest BCUT2D eigenvalue weighted by Gasteiger charge is 2.31. The van der Waals surface area contributed by atoms with E-state index < -0.39 is 0 Å². The number of hydrogen-bond donors (Lipinski definition) is 2. The van der Waals surface area contributed by atoms with E-state index in [1.165, 1.54) is 43.2 Å². The van der Waals surface area contributed by atoms with Gasteiger partial charge in [0.05, 0.1) is 13.2 Å². The average molecular weight is 373 g/mol. The van der Waals surface area contributed by atoms with Gasteiger partial charge in [-0.05, 0) is 35.8 Å². The first kappa shape index (κ1) is 20.2. The summed E-state index contributed by atoms with van der Waals surface area (Å²) in [6.45, 7) is 8.91. The summed E-state index contributed by atoms with van der Waals surface area (Å²) in [5.41, 5.74) is 3.14. The Hall–Kier alpha value is -1.59. The Balaban J connectivity index is 1.48. The number of benzene rings is 1. The molecule has 1 aliphatic heterocycles. The lowest BCUT2D eigenvalue weighted by Gasteiger charge is -2.28. The van der Waals surface area contributed by atoms with Crippen LogP contribution in [0.15, 0.2) is 29.3 Å². The number of nitrogens with zero attached hydrogens (tertiary/aromatic N) is 2. The molecular formula is C22H36N4O. The molecule has 1 aliphatic carbocycles. The summed E-state index contributed by atoms with van der Waals surface area (Å²) in [5, 5.41) is 7.06. The van der Waals surface area contributed by atoms with Crippen LogP contribution in [0.25, 0.3) is 0 Å². The summed E-state index contributed by atoms with van der Waals surface area (Å²) < 4.78 is 5.44. The molecule has 150 valence electrons. The van der Waals surface area contributed by atoms with Gasteiger partial charge in [0.2, 0.25) is 0 Å². The molecule has 3 rings (SSSR count). The van der Waals surface area contributed by atoms with Crippen LogP contribution in [0.4, 0.5) is 0 Å². The fourth-order valence-corrected chi connectivity index (χ4v) is 4.31. The number of aliphatic imine (C=N–C) groups is 1. The van der Waals surface area contributed by atoms with Crippen LogP contribution in [-0.4, -0.2) is 50.8 Å². The van der Waals surface area contributed by atoms with Gasteiger partial charge in [-0.3, -0.25) is 9.89 Å². The van der Waals surface area contributed by atoms with E-state index in [1.54, 1.807) is 0 Å². The molecule has 1 saturated carbocycles. The molecule has 0 amide bonds. The zero-order valence-electron chi connectivity index (χ0n) is 17.1. The van der Waals surface area contributed by atoms with Crippen molar-refractivity contribution in [2.45, 2.75) is 52.1 Å². The van der Waals surface area contributed by atoms with E-state index in [0.29, 0.717) is 5.41 Å². The van der Waals surface area contributed by atoms with E-state index in [4.69, 9.17) is 4.74 Å². The normalized spacial score (nSPS) is 20.6. The summed E-state index contributed by atoms with van der Waals surface area (Å²) in [5.74, 6) is 0.910. The molecule has 0 spiro atoms. The lowest BCUT2D eigenvalue weighted by atomic mass is 9.83. The van der Waals surface area contributed by atoms with E-state index in [-0.39, 0.29) is 0 Å². The van der Waals surface area contributed by atoms with Crippen molar-refractivity contribution < 1.29 is 4.74 Å². The minimum atomic E-state index is 0.468. The standard InChI is InChI=1S/C22H36N4O/c1-3-22(9-4-5-10-22)18-25-21(23-2)24-16-19-7-6-8-20(15-19)17-26-11-13-27-14-12-26/h6-8,15H,3-5,9-14,16-18H2,1-2H3,(H2,23,24,25). The van der Waals surface area contributed by atoms with Gasteiger partial charge in [0.1, 0.15) is 0 Å². The molecule has 5 nitrogen and oxygen atoms in total. The van der Waals surface area contributed by atoms with Crippen molar-refractivity contribution in [1.82, 2.24) is 15.5 Å². The predicted octanol–water partition coefficient (Wildman–Crippen LogP) is 3.15. The van der Waals surface area contributed by atoms with Crippen LogP contribution < -0.4 is 10.6 Å². The maximum absolute atomic E-state index is 5.44. The van der Waals surface area contributed by atoms with E-state index in [1.807, 2.05) is 7.05 Å². The Morgan fingerprint density at radius 2 is 1.89 bits per heavy atom. The Morgan fingerprint density at radius 3 is 2.59 bits per heavy atom. The molecule has 0 atom stereocenters. The molecule has 0 bridgehead atoms. The van der Waals surface area contributed by atoms with Crippen LogP contribution in [0.2, 0.25) is 0 Å². The molecule has 2 fully saturated rings. The quantitative estimate of drug-likeness (QED) is 0.570.